The Morgan fingerprint density at radius 3 is 2.86 bits per heavy atom. The molecule has 118 valence electrons. The van der Waals surface area contributed by atoms with Crippen LogP contribution in [0, 0.1) is 5.92 Å². The van der Waals surface area contributed by atoms with Crippen LogP contribution in [0.5, 0.6) is 5.75 Å². The summed E-state index contributed by atoms with van der Waals surface area (Å²) in [5.74, 6) is 1.19. The topological polar surface area (TPSA) is 59.6 Å². The maximum absolute atomic E-state index is 11.5. The highest BCUT2D eigenvalue weighted by Crippen LogP contribution is 2.13. The van der Waals surface area contributed by atoms with E-state index in [1.807, 2.05) is 24.3 Å². The number of hydrogen-bond donors (Lipinski definition) is 2. The lowest BCUT2D eigenvalue weighted by Gasteiger charge is -2.10. The molecule has 5 heteroatoms. The molecule has 0 atom stereocenters. The van der Waals surface area contributed by atoms with Crippen LogP contribution in [0.4, 0.5) is 0 Å². The predicted molar refractivity (Wildman–Crippen MR) is 83.4 cm³/mol. The summed E-state index contributed by atoms with van der Waals surface area (Å²) >= 11 is 0. The molecule has 1 aromatic carbocycles. The number of amides is 1. The van der Waals surface area contributed by atoms with E-state index in [4.69, 9.17) is 9.47 Å². The van der Waals surface area contributed by atoms with Gasteiger partial charge in [0.2, 0.25) is 0 Å². The molecule has 0 aliphatic heterocycles. The fourth-order valence-electron chi connectivity index (χ4n) is 1.74. The third-order valence-corrected chi connectivity index (χ3v) is 2.78. The van der Waals surface area contributed by atoms with Gasteiger partial charge in [0.1, 0.15) is 5.75 Å². The fourth-order valence-corrected chi connectivity index (χ4v) is 1.74. The first-order chi connectivity index (χ1) is 10.1. The van der Waals surface area contributed by atoms with E-state index in [1.54, 1.807) is 7.11 Å². The van der Waals surface area contributed by atoms with Crippen molar-refractivity contribution in [3.8, 4) is 5.75 Å². The maximum Gasteiger partial charge on any atom is 0.258 e. The summed E-state index contributed by atoms with van der Waals surface area (Å²) in [6, 6.07) is 7.79. The van der Waals surface area contributed by atoms with E-state index in [2.05, 4.69) is 24.5 Å². The Bertz CT molecular complexity index is 422. The summed E-state index contributed by atoms with van der Waals surface area (Å²) < 4.78 is 10.3. The first-order valence-electron chi connectivity index (χ1n) is 7.30. The highest BCUT2D eigenvalue weighted by Gasteiger charge is 2.03. The van der Waals surface area contributed by atoms with Gasteiger partial charge in [0.15, 0.2) is 6.61 Å². The van der Waals surface area contributed by atoms with Gasteiger partial charge in [-0.25, -0.2) is 0 Å². The van der Waals surface area contributed by atoms with Crippen molar-refractivity contribution in [1.29, 1.82) is 0 Å². The molecular formula is C16H26N2O3. The highest BCUT2D eigenvalue weighted by molar-refractivity contribution is 5.77. The Balaban J connectivity index is 2.33. The molecule has 0 aliphatic carbocycles. The van der Waals surface area contributed by atoms with E-state index in [9.17, 15) is 4.79 Å². The number of hydrogen-bond acceptors (Lipinski definition) is 4. The number of carbonyl (C=O) groups excluding carboxylic acids is 1. The van der Waals surface area contributed by atoms with E-state index in [0.29, 0.717) is 24.8 Å². The van der Waals surface area contributed by atoms with Crippen molar-refractivity contribution in [1.82, 2.24) is 10.6 Å². The van der Waals surface area contributed by atoms with Crippen molar-refractivity contribution in [3.63, 3.8) is 0 Å². The van der Waals surface area contributed by atoms with Gasteiger partial charge in [-0.2, -0.15) is 0 Å². The lowest BCUT2D eigenvalue weighted by Crippen LogP contribution is -2.31. The molecule has 0 fully saturated rings. The Labute approximate surface area is 127 Å². The second-order valence-corrected chi connectivity index (χ2v) is 5.30. The maximum atomic E-state index is 11.5. The molecule has 0 saturated carbocycles. The second kappa shape index (κ2) is 10.2. The molecule has 1 aromatic rings. The lowest BCUT2D eigenvalue weighted by molar-refractivity contribution is -0.123. The average Bonchev–Trinajstić information content (AvgIpc) is 2.45. The van der Waals surface area contributed by atoms with Crippen molar-refractivity contribution in [2.45, 2.75) is 20.4 Å². The number of benzene rings is 1. The van der Waals surface area contributed by atoms with Crippen LogP contribution < -0.4 is 15.4 Å². The zero-order chi connectivity index (χ0) is 15.5. The summed E-state index contributed by atoms with van der Waals surface area (Å²) in [6.45, 7) is 7.15. The molecule has 0 aromatic heterocycles. The van der Waals surface area contributed by atoms with Crippen LogP contribution in [-0.4, -0.2) is 39.3 Å². The molecule has 0 saturated heterocycles. The van der Waals surface area contributed by atoms with Gasteiger partial charge in [0.05, 0.1) is 6.61 Å². The van der Waals surface area contributed by atoms with Gasteiger partial charge in [-0.1, -0.05) is 26.0 Å². The monoisotopic (exact) mass is 294 g/mol. The smallest absolute Gasteiger partial charge is 0.258 e. The third kappa shape index (κ3) is 8.32. The minimum Gasteiger partial charge on any atom is -0.484 e. The molecule has 21 heavy (non-hydrogen) atoms. The first-order valence-corrected chi connectivity index (χ1v) is 7.30. The second-order valence-electron chi connectivity index (χ2n) is 5.30. The normalized spacial score (nSPS) is 10.7. The van der Waals surface area contributed by atoms with Crippen LogP contribution in [0.2, 0.25) is 0 Å². The van der Waals surface area contributed by atoms with Gasteiger partial charge in [-0.3, -0.25) is 4.79 Å². The number of methoxy groups -OCH3 is 1. The molecule has 1 rings (SSSR count). The van der Waals surface area contributed by atoms with Crippen molar-refractivity contribution >= 4 is 5.91 Å². The van der Waals surface area contributed by atoms with Gasteiger partial charge in [-0.05, 0) is 30.2 Å². The fraction of sp³-hybridized carbons (Fsp3) is 0.562. The van der Waals surface area contributed by atoms with E-state index in [1.165, 1.54) is 0 Å². The number of rotatable bonds is 10. The van der Waals surface area contributed by atoms with Crippen molar-refractivity contribution < 1.29 is 14.3 Å². The number of carbonyl (C=O) groups is 1. The summed E-state index contributed by atoms with van der Waals surface area (Å²) in [6.07, 6.45) is 0. The molecule has 0 heterocycles. The molecule has 2 N–H and O–H groups in total. The Morgan fingerprint density at radius 1 is 1.33 bits per heavy atom. The minimum absolute atomic E-state index is 0.0204. The predicted octanol–water partition coefficient (Wildman–Crippen LogP) is 1.57. The van der Waals surface area contributed by atoms with Gasteiger partial charge in [-0.15, -0.1) is 0 Å². The molecule has 1 amide bonds. The van der Waals surface area contributed by atoms with Crippen LogP contribution in [0.15, 0.2) is 24.3 Å². The van der Waals surface area contributed by atoms with Crippen LogP contribution in [0.3, 0.4) is 0 Å². The van der Waals surface area contributed by atoms with E-state index < -0.39 is 0 Å². The Kier molecular flexibility index (Phi) is 8.47. The van der Waals surface area contributed by atoms with Crippen molar-refractivity contribution in [2.75, 3.05) is 33.4 Å². The summed E-state index contributed by atoms with van der Waals surface area (Å²) in [5.41, 5.74) is 1.15. The largest absolute Gasteiger partial charge is 0.484 e. The van der Waals surface area contributed by atoms with Crippen LogP contribution in [0.25, 0.3) is 0 Å². The first kappa shape index (κ1) is 17.5. The lowest BCUT2D eigenvalue weighted by atomic mass is 10.2. The van der Waals surface area contributed by atoms with Gasteiger partial charge in [0, 0.05) is 20.2 Å². The molecule has 0 unspecified atom stereocenters. The molecule has 0 aliphatic rings. The molecule has 0 radical (unpaired) electrons. The van der Waals surface area contributed by atoms with Crippen LogP contribution >= 0.6 is 0 Å². The summed E-state index contributed by atoms with van der Waals surface area (Å²) in [4.78, 5) is 11.5. The van der Waals surface area contributed by atoms with Crippen molar-refractivity contribution in [2.24, 2.45) is 5.92 Å². The number of ether oxygens (including phenoxy) is 2. The SMILES string of the molecule is COCCNC(=O)COc1cccc(CNCC(C)C)c1. The van der Waals surface area contributed by atoms with Crippen molar-refractivity contribution in [3.05, 3.63) is 29.8 Å². The Morgan fingerprint density at radius 2 is 2.14 bits per heavy atom. The molecule has 0 spiro atoms. The van der Waals surface area contributed by atoms with Crippen LogP contribution in [-0.2, 0) is 16.1 Å². The van der Waals surface area contributed by atoms with Crippen LogP contribution in [0.1, 0.15) is 19.4 Å². The van der Waals surface area contributed by atoms with Gasteiger partial charge >= 0.3 is 0 Å². The Hall–Kier alpha value is -1.59. The summed E-state index contributed by atoms with van der Waals surface area (Å²) in [7, 11) is 1.60. The molecule has 5 nitrogen and oxygen atoms in total. The zero-order valence-electron chi connectivity index (χ0n) is 13.1. The highest BCUT2D eigenvalue weighted by atomic mass is 16.5. The zero-order valence-corrected chi connectivity index (χ0v) is 13.1. The van der Waals surface area contributed by atoms with E-state index in [0.717, 1.165) is 18.7 Å². The quantitative estimate of drug-likeness (QED) is 0.643. The van der Waals surface area contributed by atoms with Gasteiger partial charge < -0.3 is 20.1 Å². The standard InChI is InChI=1S/C16H26N2O3/c1-13(2)10-17-11-14-5-4-6-15(9-14)21-12-16(19)18-7-8-20-3/h4-6,9,13,17H,7-8,10-12H2,1-3H3,(H,18,19). The number of nitrogens with one attached hydrogen (secondary N) is 2. The molecule has 0 bridgehead atoms. The molecular weight excluding hydrogens is 268 g/mol. The average molecular weight is 294 g/mol. The van der Waals surface area contributed by atoms with E-state index >= 15 is 0 Å². The van der Waals surface area contributed by atoms with Gasteiger partial charge in [0.25, 0.3) is 5.91 Å². The van der Waals surface area contributed by atoms with E-state index in [-0.39, 0.29) is 12.5 Å². The minimum atomic E-state index is -0.143. The summed E-state index contributed by atoms with van der Waals surface area (Å²) in [5, 5.41) is 6.09. The third-order valence-electron chi connectivity index (χ3n) is 2.78.